The first-order valence-electron chi connectivity index (χ1n) is 3.12. The first-order valence-corrected chi connectivity index (χ1v) is 3.12. The molecule has 0 aromatic heterocycles. The molecule has 0 spiro atoms. The Bertz CT molecular complexity index is 286. The third-order valence-electron chi connectivity index (χ3n) is 1.31. The van der Waals surface area contributed by atoms with Gasteiger partial charge in [0.2, 0.25) is 0 Å². The molecule has 1 N–H and O–H groups in total. The second-order valence-corrected chi connectivity index (χ2v) is 2.01. The van der Waals surface area contributed by atoms with E-state index in [-0.39, 0.29) is 95.1 Å². The number of carbonyl (C=O) groups is 1. The van der Waals surface area contributed by atoms with Crippen molar-refractivity contribution in [1.29, 1.82) is 0 Å². The molecule has 0 saturated heterocycles. The van der Waals surface area contributed by atoms with E-state index in [2.05, 4.69) is 4.74 Å². The van der Waals surface area contributed by atoms with Crippen molar-refractivity contribution in [2.24, 2.45) is 0 Å². The molecule has 0 heterocycles. The van der Waals surface area contributed by atoms with E-state index < -0.39 is 5.97 Å². The summed E-state index contributed by atoms with van der Waals surface area (Å²) in [7, 11) is 1.27. The van der Waals surface area contributed by atoms with Crippen LogP contribution < -0.4 is 80.9 Å². The van der Waals surface area contributed by atoms with Crippen molar-refractivity contribution < 1.29 is 98.4 Å². The second kappa shape index (κ2) is 8.44. The summed E-state index contributed by atoms with van der Waals surface area (Å²) in [4.78, 5) is 10.9. The van der Waals surface area contributed by atoms with Gasteiger partial charge in [0.1, 0.15) is 11.3 Å². The zero-order valence-corrected chi connectivity index (χ0v) is 13.2. The number of ether oxygens (including phenoxy) is 1. The second-order valence-electron chi connectivity index (χ2n) is 2.01. The Morgan fingerprint density at radius 3 is 2.46 bits per heavy atom. The topological polar surface area (TPSA) is 46.5 Å². The number of carbonyl (C=O) groups excluding carboxylic acids is 1. The molecule has 13 heavy (non-hydrogen) atoms. The van der Waals surface area contributed by atoms with Gasteiger partial charge in [-0.1, -0.05) is 12.1 Å². The predicted molar refractivity (Wildman–Crippen MR) is 41.7 cm³/mol. The molecule has 0 amide bonds. The van der Waals surface area contributed by atoms with Gasteiger partial charge in [-0.3, -0.25) is 0 Å². The molecule has 0 saturated carbocycles. The van der Waals surface area contributed by atoms with Gasteiger partial charge < -0.3 is 12.7 Å². The smallest absolute Gasteiger partial charge is 1.00 e. The summed E-state index contributed by atoms with van der Waals surface area (Å²) < 4.78 is 4.42. The maximum Gasteiger partial charge on any atom is 1.00 e. The molecule has 0 radical (unpaired) electrons. The number of para-hydroxylation sites is 1. The number of hydrogen-bond acceptors (Lipinski definition) is 3. The molecule has 0 bridgehead atoms. The van der Waals surface area contributed by atoms with Crippen molar-refractivity contribution in [3.8, 4) is 5.75 Å². The van der Waals surface area contributed by atoms with Crippen LogP contribution in [0.1, 0.15) is 13.2 Å². The Morgan fingerprint density at radius 2 is 2.00 bits per heavy atom. The number of esters is 1. The van der Waals surface area contributed by atoms with Gasteiger partial charge in [0.15, 0.2) is 0 Å². The van der Waals surface area contributed by atoms with Gasteiger partial charge in [-0.25, -0.2) is 4.79 Å². The van der Waals surface area contributed by atoms with Crippen LogP contribution in [0.25, 0.3) is 0 Å². The fourth-order valence-electron chi connectivity index (χ4n) is 0.756. The van der Waals surface area contributed by atoms with Gasteiger partial charge in [-0.2, -0.15) is 0 Å². The molecule has 3 nitrogen and oxygen atoms in total. The first kappa shape index (κ1) is 16.6. The average Bonchev–Trinajstić information content (AvgIpc) is 2.04. The fourth-order valence-corrected chi connectivity index (χ4v) is 0.756. The summed E-state index contributed by atoms with van der Waals surface area (Å²) in [6, 6.07) is 6.24. The molecule has 0 aliphatic carbocycles. The third kappa shape index (κ3) is 4.95. The van der Waals surface area contributed by atoms with Gasteiger partial charge in [0, 0.05) is 0 Å². The molecule has 0 unspecified atom stereocenters. The van der Waals surface area contributed by atoms with Crippen LogP contribution >= 0.6 is 0 Å². The van der Waals surface area contributed by atoms with E-state index in [0.29, 0.717) is 0 Å². The summed E-state index contributed by atoms with van der Waals surface area (Å²) in [5.74, 6) is -0.581. The van der Waals surface area contributed by atoms with E-state index in [1.165, 1.54) is 19.2 Å². The predicted octanol–water partition coefficient (Wildman–Crippen LogP) is -4.59. The first-order chi connectivity index (χ1) is 5.25. The van der Waals surface area contributed by atoms with E-state index >= 15 is 0 Å². The zero-order chi connectivity index (χ0) is 8.27. The minimum Gasteiger partial charge on any atom is -1.00 e. The summed E-state index contributed by atoms with van der Waals surface area (Å²) in [6.07, 6.45) is 0. The van der Waals surface area contributed by atoms with Crippen molar-refractivity contribution in [1.82, 2.24) is 0 Å². The maximum absolute atomic E-state index is 10.9. The normalized spacial score (nSPS) is 7.77. The average molecular weight is 216 g/mol. The largest absolute Gasteiger partial charge is 1.00 e. The molecule has 0 aliphatic heterocycles. The number of rotatable bonds is 1. The van der Waals surface area contributed by atoms with Crippen LogP contribution in [0.3, 0.4) is 0 Å². The SMILES string of the molecule is COC(=O)c1ccccc1O.[H-].[H-].[K+].[Na+]. The summed E-state index contributed by atoms with van der Waals surface area (Å²) >= 11 is 0. The van der Waals surface area contributed by atoms with Crippen molar-refractivity contribution in [2.75, 3.05) is 7.11 Å². The number of benzene rings is 1. The van der Waals surface area contributed by atoms with Gasteiger partial charge in [0.25, 0.3) is 0 Å². The fraction of sp³-hybridized carbons (Fsp3) is 0.125. The van der Waals surface area contributed by atoms with Gasteiger partial charge >= 0.3 is 86.9 Å². The summed E-state index contributed by atoms with van der Waals surface area (Å²) in [5, 5.41) is 9.11. The Kier molecular flexibility index (Phi) is 10.7. The maximum atomic E-state index is 10.9. The molecule has 5 heteroatoms. The van der Waals surface area contributed by atoms with Gasteiger partial charge in [-0.15, -0.1) is 0 Å². The molecule has 0 fully saturated rings. The number of hydrogen-bond donors (Lipinski definition) is 1. The Hall–Kier alpha value is 1.13. The zero-order valence-electron chi connectivity index (χ0n) is 10.1. The minimum absolute atomic E-state index is 0. The molecule has 1 aromatic carbocycles. The quantitative estimate of drug-likeness (QED) is 0.380. The Morgan fingerprint density at radius 1 is 1.46 bits per heavy atom. The molecular formula is C8H10KNaO3. The van der Waals surface area contributed by atoms with Crippen LogP contribution in [0.15, 0.2) is 24.3 Å². The van der Waals surface area contributed by atoms with Crippen LogP contribution in [-0.4, -0.2) is 18.2 Å². The van der Waals surface area contributed by atoms with Crippen LogP contribution in [0.5, 0.6) is 5.75 Å². The number of phenols is 1. The van der Waals surface area contributed by atoms with Crippen LogP contribution in [0.4, 0.5) is 0 Å². The van der Waals surface area contributed by atoms with Crippen molar-refractivity contribution in [3.05, 3.63) is 29.8 Å². The van der Waals surface area contributed by atoms with E-state index in [9.17, 15) is 4.79 Å². The van der Waals surface area contributed by atoms with Crippen LogP contribution in [-0.2, 0) is 4.74 Å². The van der Waals surface area contributed by atoms with E-state index in [4.69, 9.17) is 5.11 Å². The summed E-state index contributed by atoms with van der Waals surface area (Å²) in [6.45, 7) is 0. The van der Waals surface area contributed by atoms with Crippen molar-refractivity contribution in [3.63, 3.8) is 0 Å². The van der Waals surface area contributed by atoms with E-state index in [0.717, 1.165) is 0 Å². The van der Waals surface area contributed by atoms with E-state index in [1.807, 2.05) is 0 Å². The molecule has 1 rings (SSSR count). The van der Waals surface area contributed by atoms with Crippen LogP contribution in [0.2, 0.25) is 0 Å². The van der Waals surface area contributed by atoms with Crippen molar-refractivity contribution >= 4 is 5.97 Å². The standard InChI is InChI=1S/C8H8O3.K.Na.2H/c1-11-8(10)6-4-2-3-5-7(6)9;;;;/h2-5,9H,1H3;;;;/q;2*+1;2*-1. The van der Waals surface area contributed by atoms with Crippen molar-refractivity contribution in [2.45, 2.75) is 0 Å². The number of phenolic OH excluding ortho intramolecular Hbond substituents is 1. The minimum atomic E-state index is -0.525. The molecule has 0 aliphatic rings. The monoisotopic (exact) mass is 216 g/mol. The van der Waals surface area contributed by atoms with Gasteiger partial charge in [-0.05, 0) is 12.1 Å². The number of methoxy groups -OCH3 is 1. The molecular weight excluding hydrogens is 206 g/mol. The Labute approximate surface area is 145 Å². The van der Waals surface area contributed by atoms with Gasteiger partial charge in [0.05, 0.1) is 7.11 Å². The Balaban J connectivity index is -0.000000151. The summed E-state index contributed by atoms with van der Waals surface area (Å²) in [5.41, 5.74) is 0.190. The van der Waals surface area contributed by atoms with E-state index in [1.54, 1.807) is 12.1 Å². The molecule has 1 aromatic rings. The molecule has 0 atom stereocenters. The third-order valence-corrected chi connectivity index (χ3v) is 1.31. The van der Waals surface area contributed by atoms with Crippen LogP contribution in [0, 0.1) is 0 Å². The number of aromatic hydroxyl groups is 1. The molecule has 62 valence electrons.